The largest absolute Gasteiger partial charge is 0.355 e. The van der Waals surface area contributed by atoms with E-state index in [1.807, 2.05) is 43.9 Å². The van der Waals surface area contributed by atoms with Crippen molar-refractivity contribution in [3.63, 3.8) is 0 Å². The van der Waals surface area contributed by atoms with Crippen molar-refractivity contribution in [2.75, 3.05) is 26.2 Å². The van der Waals surface area contributed by atoms with Crippen molar-refractivity contribution in [3.8, 4) is 0 Å². The average molecular weight is 305 g/mol. The Morgan fingerprint density at radius 3 is 2.50 bits per heavy atom. The Labute approximate surface area is 132 Å². The molecule has 0 saturated carbocycles. The number of hydrogen-bond donors (Lipinski definition) is 1. The van der Waals surface area contributed by atoms with Crippen molar-refractivity contribution in [1.29, 1.82) is 0 Å². The van der Waals surface area contributed by atoms with Crippen LogP contribution in [0.3, 0.4) is 0 Å². The predicted molar refractivity (Wildman–Crippen MR) is 88.6 cm³/mol. The molecule has 0 aromatic carbocycles. The summed E-state index contributed by atoms with van der Waals surface area (Å²) in [6.07, 6.45) is 7.64. The Morgan fingerprint density at radius 1 is 1.36 bits per heavy atom. The molecule has 2 heterocycles. The van der Waals surface area contributed by atoms with Gasteiger partial charge >= 0.3 is 0 Å². The summed E-state index contributed by atoms with van der Waals surface area (Å²) in [6.45, 7) is 9.28. The van der Waals surface area contributed by atoms with Gasteiger partial charge in [-0.15, -0.1) is 5.10 Å². The van der Waals surface area contributed by atoms with Crippen LogP contribution in [0.2, 0.25) is 0 Å². The van der Waals surface area contributed by atoms with Crippen LogP contribution in [-0.2, 0) is 4.79 Å². The van der Waals surface area contributed by atoms with Gasteiger partial charge in [-0.1, -0.05) is 6.08 Å². The van der Waals surface area contributed by atoms with E-state index < -0.39 is 0 Å². The number of hydrazine groups is 1. The van der Waals surface area contributed by atoms with Gasteiger partial charge in [0.1, 0.15) is 0 Å². The molecule has 0 aliphatic carbocycles. The molecule has 22 heavy (non-hydrogen) atoms. The fourth-order valence-corrected chi connectivity index (χ4v) is 2.98. The Hall–Kier alpha value is -1.82. The molecule has 1 fully saturated rings. The summed E-state index contributed by atoms with van der Waals surface area (Å²) >= 11 is 0. The van der Waals surface area contributed by atoms with E-state index in [0.717, 1.165) is 50.6 Å². The van der Waals surface area contributed by atoms with Gasteiger partial charge in [0.15, 0.2) is 5.84 Å². The van der Waals surface area contributed by atoms with E-state index in [1.165, 1.54) is 5.12 Å². The van der Waals surface area contributed by atoms with Crippen molar-refractivity contribution in [2.45, 2.75) is 33.6 Å². The van der Waals surface area contributed by atoms with Crippen LogP contribution in [0.25, 0.3) is 0 Å². The molecule has 6 nitrogen and oxygen atoms in total. The summed E-state index contributed by atoms with van der Waals surface area (Å²) in [4.78, 5) is 16.5. The molecule has 0 spiro atoms. The maximum Gasteiger partial charge on any atom is 0.225 e. The molecular formula is C16H27N5O. The number of hydrazone groups is 1. The highest BCUT2D eigenvalue weighted by molar-refractivity contribution is 5.94. The van der Waals surface area contributed by atoms with Gasteiger partial charge in [-0.2, -0.15) is 5.12 Å². The monoisotopic (exact) mass is 305 g/mol. The number of piperidine rings is 1. The van der Waals surface area contributed by atoms with Crippen molar-refractivity contribution >= 4 is 11.7 Å². The van der Waals surface area contributed by atoms with Crippen LogP contribution in [0.15, 0.2) is 29.0 Å². The van der Waals surface area contributed by atoms with Crippen molar-refractivity contribution in [2.24, 2.45) is 16.9 Å². The first kappa shape index (κ1) is 16.5. The molecule has 6 heteroatoms. The summed E-state index contributed by atoms with van der Waals surface area (Å²) < 4.78 is 0. The number of carbonyl (C=O) groups excluding carboxylic acids is 1. The van der Waals surface area contributed by atoms with Gasteiger partial charge in [-0.05, 0) is 45.8 Å². The first-order valence-corrected chi connectivity index (χ1v) is 8.12. The van der Waals surface area contributed by atoms with Crippen LogP contribution in [0, 0.1) is 5.92 Å². The predicted octanol–water partition coefficient (Wildman–Crippen LogP) is 1.53. The molecule has 1 saturated heterocycles. The second kappa shape index (κ2) is 7.45. The molecule has 2 N–H and O–H groups in total. The third kappa shape index (κ3) is 3.50. The van der Waals surface area contributed by atoms with Crippen LogP contribution in [-0.4, -0.2) is 52.8 Å². The highest BCUT2D eigenvalue weighted by atomic mass is 16.2. The second-order valence-electron chi connectivity index (χ2n) is 5.62. The Kier molecular flexibility index (Phi) is 5.60. The number of hydrogen-bond acceptors (Lipinski definition) is 5. The standard InChI is InChI=1S/C16H27N5O/c1-4-14-7-8-15(18-21(14)17)20-11-9-13(10-12-20)16(22)19(5-2)6-3/h4,7-8,13H,5-6,9-12,17H2,1-3H3/b14-4+. The van der Waals surface area contributed by atoms with E-state index in [1.54, 1.807) is 0 Å². The normalized spacial score (nSPS) is 21.3. The van der Waals surface area contributed by atoms with Gasteiger partial charge in [0, 0.05) is 32.1 Å². The summed E-state index contributed by atoms with van der Waals surface area (Å²) in [5.74, 6) is 7.19. The van der Waals surface area contributed by atoms with Crippen LogP contribution in [0.4, 0.5) is 0 Å². The number of likely N-dealkylation sites (tertiary alicyclic amines) is 1. The molecule has 2 rings (SSSR count). The summed E-state index contributed by atoms with van der Waals surface area (Å²) in [5, 5.41) is 5.80. The quantitative estimate of drug-likeness (QED) is 0.803. The van der Waals surface area contributed by atoms with Crippen LogP contribution in [0.5, 0.6) is 0 Å². The first-order chi connectivity index (χ1) is 10.6. The average Bonchev–Trinajstić information content (AvgIpc) is 2.56. The Balaban J connectivity index is 1.93. The smallest absolute Gasteiger partial charge is 0.225 e. The minimum absolute atomic E-state index is 0.143. The fourth-order valence-electron chi connectivity index (χ4n) is 2.98. The molecule has 0 radical (unpaired) electrons. The highest BCUT2D eigenvalue weighted by Gasteiger charge is 2.28. The number of amides is 1. The van der Waals surface area contributed by atoms with Gasteiger partial charge < -0.3 is 9.80 Å². The number of allylic oxidation sites excluding steroid dienone is 2. The van der Waals surface area contributed by atoms with Gasteiger partial charge in [0.2, 0.25) is 5.91 Å². The minimum Gasteiger partial charge on any atom is -0.355 e. The number of carbonyl (C=O) groups is 1. The van der Waals surface area contributed by atoms with E-state index in [4.69, 9.17) is 5.84 Å². The van der Waals surface area contributed by atoms with Crippen LogP contribution >= 0.6 is 0 Å². The molecule has 122 valence electrons. The molecule has 0 aromatic rings. The summed E-state index contributed by atoms with van der Waals surface area (Å²) in [6, 6.07) is 0. The van der Waals surface area contributed by atoms with Gasteiger partial charge in [0.25, 0.3) is 0 Å². The Morgan fingerprint density at radius 2 is 2.00 bits per heavy atom. The van der Waals surface area contributed by atoms with E-state index in [9.17, 15) is 4.79 Å². The van der Waals surface area contributed by atoms with E-state index in [-0.39, 0.29) is 5.92 Å². The maximum atomic E-state index is 12.4. The van der Waals surface area contributed by atoms with Gasteiger partial charge in [-0.3, -0.25) is 4.79 Å². The lowest BCUT2D eigenvalue weighted by Crippen LogP contribution is -2.45. The lowest BCUT2D eigenvalue weighted by atomic mass is 9.95. The van der Waals surface area contributed by atoms with Crippen molar-refractivity contribution < 1.29 is 4.79 Å². The first-order valence-electron chi connectivity index (χ1n) is 8.12. The SMILES string of the molecule is C/C=C1\C=CC(N2CCC(C(=O)N(CC)CC)CC2)=NN1N. The summed E-state index contributed by atoms with van der Waals surface area (Å²) in [7, 11) is 0. The van der Waals surface area contributed by atoms with Crippen molar-refractivity contribution in [1.82, 2.24) is 14.9 Å². The molecule has 1 amide bonds. The number of amidine groups is 1. The van der Waals surface area contributed by atoms with Crippen LogP contribution in [0.1, 0.15) is 33.6 Å². The summed E-state index contributed by atoms with van der Waals surface area (Å²) in [5.41, 5.74) is 0.885. The molecule has 0 atom stereocenters. The number of rotatable bonds is 3. The molecule has 0 bridgehead atoms. The molecule has 2 aliphatic heterocycles. The molecular weight excluding hydrogens is 278 g/mol. The Bertz CT molecular complexity index is 485. The third-order valence-electron chi connectivity index (χ3n) is 4.42. The zero-order valence-electron chi connectivity index (χ0n) is 13.8. The minimum atomic E-state index is 0.143. The van der Waals surface area contributed by atoms with E-state index >= 15 is 0 Å². The number of nitrogens with zero attached hydrogens (tertiary/aromatic N) is 4. The zero-order chi connectivity index (χ0) is 16.1. The van der Waals surface area contributed by atoms with E-state index in [2.05, 4.69) is 10.0 Å². The molecule has 0 unspecified atom stereocenters. The second-order valence-corrected chi connectivity index (χ2v) is 5.62. The highest BCUT2D eigenvalue weighted by Crippen LogP contribution is 2.21. The lowest BCUT2D eigenvalue weighted by molar-refractivity contribution is -0.136. The molecule has 0 aromatic heterocycles. The van der Waals surface area contributed by atoms with E-state index in [0.29, 0.717) is 5.91 Å². The molecule has 2 aliphatic rings. The topological polar surface area (TPSA) is 65.2 Å². The van der Waals surface area contributed by atoms with Crippen molar-refractivity contribution in [3.05, 3.63) is 23.9 Å². The zero-order valence-corrected chi connectivity index (χ0v) is 13.8. The third-order valence-corrected chi connectivity index (χ3v) is 4.42. The maximum absolute atomic E-state index is 12.4. The van der Waals surface area contributed by atoms with Gasteiger partial charge in [0.05, 0.1) is 5.70 Å². The lowest BCUT2D eigenvalue weighted by Gasteiger charge is -2.35. The fraction of sp³-hybridized carbons (Fsp3) is 0.625. The van der Waals surface area contributed by atoms with Gasteiger partial charge in [-0.25, -0.2) is 5.84 Å². The number of nitrogens with two attached hydrogens (primary N) is 1. The van der Waals surface area contributed by atoms with Crippen LogP contribution < -0.4 is 5.84 Å².